The van der Waals surface area contributed by atoms with Gasteiger partial charge in [0.2, 0.25) is 5.78 Å². The minimum atomic E-state index is -0.124. The van der Waals surface area contributed by atoms with Gasteiger partial charge in [0.25, 0.3) is 0 Å². The lowest BCUT2D eigenvalue weighted by Gasteiger charge is -1.91. The van der Waals surface area contributed by atoms with Crippen LogP contribution in [0.3, 0.4) is 0 Å². The Balaban J connectivity index is 2.10. The van der Waals surface area contributed by atoms with Crippen molar-refractivity contribution >= 4 is 16.7 Å². The number of aromatic amines is 1. The first kappa shape index (κ1) is 8.97. The number of benzene rings is 1. The maximum atomic E-state index is 12.0. The molecule has 0 saturated heterocycles. The molecule has 78 valence electrons. The fourth-order valence-electron chi connectivity index (χ4n) is 1.74. The van der Waals surface area contributed by atoms with Gasteiger partial charge in [0.1, 0.15) is 0 Å². The molecule has 3 nitrogen and oxygen atoms in total. The van der Waals surface area contributed by atoms with Gasteiger partial charge in [-0.15, -0.1) is 0 Å². The normalized spacial score (nSPS) is 10.8. The van der Waals surface area contributed by atoms with Gasteiger partial charge in [0.05, 0.1) is 12.0 Å². The number of fused-ring (bicyclic) bond motifs is 1. The van der Waals surface area contributed by atoms with Crippen LogP contribution in [-0.4, -0.2) is 10.8 Å². The van der Waals surface area contributed by atoms with Gasteiger partial charge in [0.15, 0.2) is 5.76 Å². The largest absolute Gasteiger partial charge is 0.461 e. The van der Waals surface area contributed by atoms with Crippen molar-refractivity contribution in [3.8, 4) is 0 Å². The maximum Gasteiger partial charge on any atom is 0.244 e. The highest BCUT2D eigenvalue weighted by Crippen LogP contribution is 2.17. The van der Waals surface area contributed by atoms with E-state index in [1.807, 2.05) is 30.3 Å². The number of ketones is 1. The number of furan rings is 1. The Bertz CT molecular complexity index is 602. The summed E-state index contributed by atoms with van der Waals surface area (Å²) in [5.74, 6) is 0.229. The molecule has 0 atom stereocenters. The lowest BCUT2D eigenvalue weighted by molar-refractivity contribution is 0.100. The summed E-state index contributed by atoms with van der Waals surface area (Å²) in [6, 6.07) is 13.0. The van der Waals surface area contributed by atoms with Crippen LogP contribution in [0.5, 0.6) is 0 Å². The van der Waals surface area contributed by atoms with Crippen molar-refractivity contribution in [2.45, 2.75) is 0 Å². The molecule has 0 aliphatic carbocycles. The molecule has 1 aromatic carbocycles. The summed E-state index contributed by atoms with van der Waals surface area (Å²) in [4.78, 5) is 15.0. The van der Waals surface area contributed by atoms with E-state index in [0.29, 0.717) is 11.5 Å². The van der Waals surface area contributed by atoms with Crippen LogP contribution < -0.4 is 0 Å². The van der Waals surface area contributed by atoms with Crippen LogP contribution in [0.2, 0.25) is 0 Å². The third kappa shape index (κ3) is 1.34. The molecule has 0 amide bonds. The molecule has 0 radical (unpaired) electrons. The first-order valence-corrected chi connectivity index (χ1v) is 5.00. The molecule has 0 fully saturated rings. The summed E-state index contributed by atoms with van der Waals surface area (Å²) >= 11 is 0. The first-order valence-electron chi connectivity index (χ1n) is 5.00. The van der Waals surface area contributed by atoms with Crippen molar-refractivity contribution < 1.29 is 9.21 Å². The third-order valence-electron chi connectivity index (χ3n) is 2.52. The van der Waals surface area contributed by atoms with Crippen molar-refractivity contribution in [1.82, 2.24) is 4.98 Å². The maximum absolute atomic E-state index is 12.0. The van der Waals surface area contributed by atoms with Crippen LogP contribution in [-0.2, 0) is 0 Å². The van der Waals surface area contributed by atoms with E-state index in [2.05, 4.69) is 4.98 Å². The van der Waals surface area contributed by atoms with E-state index in [4.69, 9.17) is 4.42 Å². The third-order valence-corrected chi connectivity index (χ3v) is 2.52. The molecule has 0 saturated carbocycles. The SMILES string of the molecule is O=C(c1cc2ccccc2[nH]1)c1ccco1. The predicted octanol–water partition coefficient (Wildman–Crippen LogP) is 2.99. The molecule has 0 spiro atoms. The van der Waals surface area contributed by atoms with Crippen molar-refractivity contribution in [1.29, 1.82) is 0 Å². The highest BCUT2D eigenvalue weighted by molar-refractivity contribution is 6.08. The van der Waals surface area contributed by atoms with E-state index in [9.17, 15) is 4.79 Å². The highest BCUT2D eigenvalue weighted by atomic mass is 16.3. The second-order valence-electron chi connectivity index (χ2n) is 3.58. The van der Waals surface area contributed by atoms with Crippen LogP contribution in [0.4, 0.5) is 0 Å². The summed E-state index contributed by atoms with van der Waals surface area (Å²) in [6.45, 7) is 0. The van der Waals surface area contributed by atoms with Crippen molar-refractivity contribution in [3.63, 3.8) is 0 Å². The van der Waals surface area contributed by atoms with E-state index in [-0.39, 0.29) is 5.78 Å². The zero-order valence-corrected chi connectivity index (χ0v) is 8.44. The number of nitrogens with one attached hydrogen (secondary N) is 1. The molecule has 2 aromatic heterocycles. The van der Waals surface area contributed by atoms with E-state index in [1.54, 1.807) is 12.1 Å². The molecular formula is C13H9NO2. The Hall–Kier alpha value is -2.29. The molecule has 3 rings (SSSR count). The number of hydrogen-bond donors (Lipinski definition) is 1. The Morgan fingerprint density at radius 1 is 1.12 bits per heavy atom. The molecule has 2 heterocycles. The number of aromatic nitrogens is 1. The Morgan fingerprint density at radius 3 is 2.75 bits per heavy atom. The molecule has 1 N–H and O–H groups in total. The van der Waals surface area contributed by atoms with E-state index < -0.39 is 0 Å². The average Bonchev–Trinajstić information content (AvgIpc) is 2.97. The van der Waals surface area contributed by atoms with Gasteiger partial charge in [-0.1, -0.05) is 18.2 Å². The minimum absolute atomic E-state index is 0.124. The summed E-state index contributed by atoms with van der Waals surface area (Å²) in [5, 5.41) is 1.03. The Labute approximate surface area is 91.7 Å². The summed E-state index contributed by atoms with van der Waals surface area (Å²) in [7, 11) is 0. The number of carbonyl (C=O) groups is 1. The summed E-state index contributed by atoms with van der Waals surface area (Å²) in [5.41, 5.74) is 1.51. The predicted molar refractivity (Wildman–Crippen MR) is 60.4 cm³/mol. The van der Waals surface area contributed by atoms with Crippen molar-refractivity contribution in [2.24, 2.45) is 0 Å². The van der Waals surface area contributed by atoms with E-state index >= 15 is 0 Å². The van der Waals surface area contributed by atoms with Crippen molar-refractivity contribution in [2.75, 3.05) is 0 Å². The molecule has 0 bridgehead atoms. The minimum Gasteiger partial charge on any atom is -0.461 e. The lowest BCUT2D eigenvalue weighted by atomic mass is 10.2. The monoisotopic (exact) mass is 211 g/mol. The number of H-pyrrole nitrogens is 1. The number of hydrogen-bond acceptors (Lipinski definition) is 2. The first-order chi connectivity index (χ1) is 7.84. The molecule has 0 aliphatic rings. The fraction of sp³-hybridized carbons (Fsp3) is 0. The quantitative estimate of drug-likeness (QED) is 0.662. The van der Waals surface area contributed by atoms with Crippen LogP contribution in [0.1, 0.15) is 16.2 Å². The number of para-hydroxylation sites is 1. The van der Waals surface area contributed by atoms with Gasteiger partial charge in [-0.3, -0.25) is 4.79 Å². The second-order valence-corrected chi connectivity index (χ2v) is 3.58. The molecule has 0 aliphatic heterocycles. The molecule has 16 heavy (non-hydrogen) atoms. The number of rotatable bonds is 2. The van der Waals surface area contributed by atoms with Crippen LogP contribution in [0, 0.1) is 0 Å². The Morgan fingerprint density at radius 2 is 2.00 bits per heavy atom. The van der Waals surface area contributed by atoms with E-state index in [1.165, 1.54) is 6.26 Å². The van der Waals surface area contributed by atoms with Gasteiger partial charge in [-0.25, -0.2) is 0 Å². The van der Waals surface area contributed by atoms with Gasteiger partial charge in [0, 0.05) is 10.9 Å². The second kappa shape index (κ2) is 3.38. The van der Waals surface area contributed by atoms with Crippen LogP contribution in [0.25, 0.3) is 10.9 Å². The van der Waals surface area contributed by atoms with Crippen molar-refractivity contribution in [3.05, 3.63) is 60.2 Å². The lowest BCUT2D eigenvalue weighted by Crippen LogP contribution is -1.99. The molecule has 0 unspecified atom stereocenters. The van der Waals surface area contributed by atoms with Gasteiger partial charge >= 0.3 is 0 Å². The van der Waals surface area contributed by atoms with Gasteiger partial charge in [-0.2, -0.15) is 0 Å². The standard InChI is InChI=1S/C13H9NO2/c15-13(12-6-3-7-16-12)11-8-9-4-1-2-5-10(9)14-11/h1-8,14H. The van der Waals surface area contributed by atoms with Crippen LogP contribution >= 0.6 is 0 Å². The van der Waals surface area contributed by atoms with E-state index in [0.717, 1.165) is 10.9 Å². The average molecular weight is 211 g/mol. The molecule has 3 aromatic rings. The zero-order chi connectivity index (χ0) is 11.0. The summed E-state index contributed by atoms with van der Waals surface area (Å²) in [6.07, 6.45) is 1.50. The number of carbonyl (C=O) groups excluding carboxylic acids is 1. The zero-order valence-electron chi connectivity index (χ0n) is 8.44. The van der Waals surface area contributed by atoms with Gasteiger partial charge < -0.3 is 9.40 Å². The topological polar surface area (TPSA) is 46.0 Å². The fourth-order valence-corrected chi connectivity index (χ4v) is 1.74. The molecule has 3 heteroatoms. The smallest absolute Gasteiger partial charge is 0.244 e. The summed E-state index contributed by atoms with van der Waals surface area (Å²) < 4.78 is 5.08. The van der Waals surface area contributed by atoms with Gasteiger partial charge in [-0.05, 0) is 24.3 Å². The highest BCUT2D eigenvalue weighted by Gasteiger charge is 2.13. The van der Waals surface area contributed by atoms with Crippen LogP contribution in [0.15, 0.2) is 53.1 Å². The Kier molecular flexibility index (Phi) is 1.90. The molecular weight excluding hydrogens is 202 g/mol.